The van der Waals surface area contributed by atoms with Gasteiger partial charge in [-0.1, -0.05) is 29.5 Å². The fraction of sp³-hybridized carbons (Fsp3) is 0.111. The second-order valence-corrected chi connectivity index (χ2v) is 9.44. The van der Waals surface area contributed by atoms with Gasteiger partial charge in [0.1, 0.15) is 11.4 Å². The maximum Gasteiger partial charge on any atom is 0.291 e. The number of hydrogen-bond donors (Lipinski definition) is 0. The fourth-order valence-electron chi connectivity index (χ4n) is 3.88. The van der Waals surface area contributed by atoms with Crippen molar-refractivity contribution in [2.45, 2.75) is 20.0 Å². The maximum absolute atomic E-state index is 13.2. The highest BCUT2D eigenvalue weighted by atomic mass is 32.1. The van der Waals surface area contributed by atoms with E-state index < -0.39 is 0 Å². The summed E-state index contributed by atoms with van der Waals surface area (Å²) in [6, 6.07) is 21.2. The average Bonchev–Trinajstić information content (AvgIpc) is 3.67. The van der Waals surface area contributed by atoms with Crippen LogP contribution in [0.4, 0.5) is 0 Å². The number of rotatable bonds is 6. The SMILES string of the molecule is CC(C)Oc1ccc(-c2nn(-c3ccccc3)cc2/C=c2\sc3nc(-c4ccco4)nn3c2=O)cc1. The van der Waals surface area contributed by atoms with Gasteiger partial charge in [-0.15, -0.1) is 5.10 Å². The molecule has 0 spiro atoms. The summed E-state index contributed by atoms with van der Waals surface area (Å²) in [5.74, 6) is 1.70. The second kappa shape index (κ2) is 8.94. The Kier molecular flexibility index (Phi) is 5.46. The summed E-state index contributed by atoms with van der Waals surface area (Å²) in [6.45, 7) is 3.99. The number of hydrogen-bond acceptors (Lipinski definition) is 7. The van der Waals surface area contributed by atoms with Crippen LogP contribution in [0.2, 0.25) is 0 Å². The van der Waals surface area contributed by atoms with Gasteiger partial charge < -0.3 is 9.15 Å². The lowest BCUT2D eigenvalue weighted by molar-refractivity contribution is 0.242. The number of thiazole rings is 1. The lowest BCUT2D eigenvalue weighted by Crippen LogP contribution is -2.23. The van der Waals surface area contributed by atoms with Crippen LogP contribution in [0.5, 0.6) is 5.75 Å². The molecule has 4 heterocycles. The van der Waals surface area contributed by atoms with Gasteiger partial charge in [-0.05, 0) is 68.5 Å². The Balaban J connectivity index is 1.46. The molecule has 0 fully saturated rings. The topological polar surface area (TPSA) is 87.4 Å². The highest BCUT2D eigenvalue weighted by molar-refractivity contribution is 7.15. The van der Waals surface area contributed by atoms with E-state index in [-0.39, 0.29) is 11.7 Å². The van der Waals surface area contributed by atoms with E-state index in [9.17, 15) is 4.79 Å². The summed E-state index contributed by atoms with van der Waals surface area (Å²) in [4.78, 5) is 18.1. The van der Waals surface area contributed by atoms with Crippen LogP contribution < -0.4 is 14.8 Å². The summed E-state index contributed by atoms with van der Waals surface area (Å²) in [5, 5.41) is 9.19. The van der Waals surface area contributed by atoms with Crippen molar-refractivity contribution in [2.24, 2.45) is 0 Å². The van der Waals surface area contributed by atoms with E-state index in [1.165, 1.54) is 15.9 Å². The molecule has 0 radical (unpaired) electrons. The van der Waals surface area contributed by atoms with Crippen LogP contribution >= 0.6 is 11.3 Å². The van der Waals surface area contributed by atoms with Crippen molar-refractivity contribution in [3.63, 3.8) is 0 Å². The first-order valence-corrected chi connectivity index (χ1v) is 12.2. The molecule has 6 rings (SSSR count). The minimum Gasteiger partial charge on any atom is -0.491 e. The Hall–Kier alpha value is -4.50. The Labute approximate surface area is 209 Å². The first kappa shape index (κ1) is 22.0. The maximum atomic E-state index is 13.2. The van der Waals surface area contributed by atoms with Gasteiger partial charge in [-0.25, -0.2) is 4.68 Å². The number of furan rings is 1. The summed E-state index contributed by atoms with van der Waals surface area (Å²) >= 11 is 1.28. The van der Waals surface area contributed by atoms with Crippen LogP contribution in [-0.4, -0.2) is 30.5 Å². The zero-order valence-corrected chi connectivity index (χ0v) is 20.3. The van der Waals surface area contributed by atoms with Gasteiger partial charge in [0, 0.05) is 17.3 Å². The third kappa shape index (κ3) is 4.09. The van der Waals surface area contributed by atoms with Crippen LogP contribution in [0.3, 0.4) is 0 Å². The number of aromatic nitrogens is 5. The van der Waals surface area contributed by atoms with Crippen molar-refractivity contribution in [3.8, 4) is 34.3 Å². The van der Waals surface area contributed by atoms with Crippen molar-refractivity contribution in [1.82, 2.24) is 24.4 Å². The lowest BCUT2D eigenvalue weighted by atomic mass is 10.1. The quantitative estimate of drug-likeness (QED) is 0.336. The van der Waals surface area contributed by atoms with E-state index >= 15 is 0 Å². The molecular weight excluding hydrogens is 474 g/mol. The second-order valence-electron chi connectivity index (χ2n) is 8.43. The largest absolute Gasteiger partial charge is 0.491 e. The Bertz CT molecular complexity index is 1750. The first-order chi connectivity index (χ1) is 17.5. The molecule has 0 saturated carbocycles. The van der Waals surface area contributed by atoms with Gasteiger partial charge in [0.25, 0.3) is 5.56 Å². The highest BCUT2D eigenvalue weighted by Gasteiger charge is 2.16. The minimum absolute atomic E-state index is 0.0900. The van der Waals surface area contributed by atoms with Crippen molar-refractivity contribution >= 4 is 22.4 Å². The molecule has 0 aliphatic heterocycles. The number of para-hydroxylation sites is 1. The summed E-state index contributed by atoms with van der Waals surface area (Å²) in [6.07, 6.45) is 5.41. The molecule has 8 nitrogen and oxygen atoms in total. The Morgan fingerprint density at radius 2 is 1.81 bits per heavy atom. The summed E-state index contributed by atoms with van der Waals surface area (Å²) < 4.78 is 14.8. The molecule has 178 valence electrons. The zero-order valence-electron chi connectivity index (χ0n) is 19.5. The molecule has 0 saturated heterocycles. The van der Waals surface area contributed by atoms with Crippen LogP contribution in [0.25, 0.3) is 39.6 Å². The molecule has 0 N–H and O–H groups in total. The van der Waals surface area contributed by atoms with E-state index in [0.717, 1.165) is 28.3 Å². The third-order valence-electron chi connectivity index (χ3n) is 5.47. The molecular formula is C27H21N5O3S. The van der Waals surface area contributed by atoms with Gasteiger partial charge in [-0.2, -0.15) is 14.6 Å². The normalized spacial score (nSPS) is 12.1. The van der Waals surface area contributed by atoms with Gasteiger partial charge >= 0.3 is 0 Å². The van der Waals surface area contributed by atoms with Crippen LogP contribution in [0, 0.1) is 0 Å². The monoisotopic (exact) mass is 495 g/mol. The smallest absolute Gasteiger partial charge is 0.291 e. The van der Waals surface area contributed by atoms with E-state index in [1.54, 1.807) is 18.4 Å². The molecule has 0 unspecified atom stereocenters. The van der Waals surface area contributed by atoms with E-state index in [1.807, 2.05) is 85.4 Å². The molecule has 0 bridgehead atoms. The molecule has 36 heavy (non-hydrogen) atoms. The minimum atomic E-state index is -0.237. The average molecular weight is 496 g/mol. The number of nitrogens with zero attached hydrogens (tertiary/aromatic N) is 5. The Morgan fingerprint density at radius 3 is 2.50 bits per heavy atom. The van der Waals surface area contributed by atoms with E-state index in [4.69, 9.17) is 14.3 Å². The van der Waals surface area contributed by atoms with Crippen LogP contribution in [-0.2, 0) is 0 Å². The summed E-state index contributed by atoms with van der Waals surface area (Å²) in [5.41, 5.74) is 3.17. The van der Waals surface area contributed by atoms with Crippen molar-refractivity contribution < 1.29 is 9.15 Å². The van der Waals surface area contributed by atoms with Gasteiger partial charge in [0.05, 0.1) is 22.6 Å². The van der Waals surface area contributed by atoms with Crippen molar-refractivity contribution in [1.29, 1.82) is 0 Å². The van der Waals surface area contributed by atoms with E-state index in [0.29, 0.717) is 21.1 Å². The lowest BCUT2D eigenvalue weighted by Gasteiger charge is -2.09. The molecule has 0 aliphatic rings. The van der Waals surface area contributed by atoms with Gasteiger partial charge in [0.15, 0.2) is 5.76 Å². The molecule has 2 aromatic carbocycles. The molecule has 0 atom stereocenters. The van der Waals surface area contributed by atoms with Crippen LogP contribution in [0.1, 0.15) is 19.4 Å². The molecule has 4 aromatic heterocycles. The fourth-order valence-corrected chi connectivity index (χ4v) is 4.78. The molecule has 9 heteroatoms. The predicted octanol–water partition coefficient (Wildman–Crippen LogP) is 4.60. The number of fused-ring (bicyclic) bond motifs is 1. The molecule has 0 aliphatic carbocycles. The first-order valence-electron chi connectivity index (χ1n) is 11.4. The van der Waals surface area contributed by atoms with Crippen LogP contribution in [0.15, 0.2) is 88.4 Å². The van der Waals surface area contributed by atoms with E-state index in [2.05, 4.69) is 10.1 Å². The predicted molar refractivity (Wildman–Crippen MR) is 138 cm³/mol. The standard InChI is InChI=1S/C27H21N5O3S/c1-17(2)35-21-12-10-18(11-13-21)24-19(16-31(29-24)20-7-4-3-5-8-20)15-23-26(33)32-27(36-23)28-25(30-32)22-9-6-14-34-22/h3-17H,1-2H3/b23-15-. The molecule has 6 aromatic rings. The van der Waals surface area contributed by atoms with Gasteiger partial charge in [-0.3, -0.25) is 4.79 Å². The molecule has 0 amide bonds. The van der Waals surface area contributed by atoms with Gasteiger partial charge in [0.2, 0.25) is 10.8 Å². The van der Waals surface area contributed by atoms with Crippen molar-refractivity contribution in [3.05, 3.63) is 99.6 Å². The highest BCUT2D eigenvalue weighted by Crippen LogP contribution is 2.27. The summed E-state index contributed by atoms with van der Waals surface area (Å²) in [7, 11) is 0. The zero-order chi connectivity index (χ0) is 24.6. The number of benzene rings is 2. The Morgan fingerprint density at radius 1 is 1.00 bits per heavy atom. The number of ether oxygens (including phenoxy) is 1. The third-order valence-corrected chi connectivity index (χ3v) is 6.43. The van der Waals surface area contributed by atoms with Crippen molar-refractivity contribution in [2.75, 3.05) is 0 Å².